The van der Waals surface area contributed by atoms with Gasteiger partial charge < -0.3 is 0 Å². The molecule has 1 heterocycles. The molecule has 1 saturated carbocycles. The van der Waals surface area contributed by atoms with Crippen LogP contribution in [0, 0.1) is 17.3 Å². The minimum atomic E-state index is 0.206. The predicted octanol–water partition coefficient (Wildman–Crippen LogP) is 3.84. The van der Waals surface area contributed by atoms with Crippen LogP contribution in [0.5, 0.6) is 0 Å². The fraction of sp³-hybridized carbons (Fsp3) is 0.714. The quantitative estimate of drug-likeness (QED) is 0.639. The van der Waals surface area contributed by atoms with Crippen LogP contribution in [0.15, 0.2) is 22.3 Å². The molecule has 88 valence electrons. The molecule has 2 nitrogen and oxygen atoms in total. The van der Waals surface area contributed by atoms with Crippen molar-refractivity contribution in [1.82, 2.24) is 0 Å². The number of nitrogens with zero attached hydrogens (tertiary/aromatic N) is 2. The lowest BCUT2D eigenvalue weighted by Gasteiger charge is -2.35. The first-order valence-electron chi connectivity index (χ1n) is 6.39. The monoisotopic (exact) mass is 218 g/mol. The van der Waals surface area contributed by atoms with Gasteiger partial charge in [0.15, 0.2) is 0 Å². The second kappa shape index (κ2) is 4.52. The maximum absolute atomic E-state index is 4.59. The van der Waals surface area contributed by atoms with Gasteiger partial charge >= 0.3 is 0 Å². The molecule has 2 heteroatoms. The van der Waals surface area contributed by atoms with Crippen molar-refractivity contribution >= 4 is 12.1 Å². The van der Waals surface area contributed by atoms with E-state index in [4.69, 9.17) is 0 Å². The molecule has 1 atom stereocenters. The number of hydrogen-bond acceptors (Lipinski definition) is 2. The Balaban J connectivity index is 2.15. The van der Waals surface area contributed by atoms with Gasteiger partial charge in [-0.1, -0.05) is 26.8 Å². The molecule has 0 aromatic rings. The summed E-state index contributed by atoms with van der Waals surface area (Å²) in [6, 6.07) is 0. The smallest absolute Gasteiger partial charge is 0.133 e. The molecule has 1 fully saturated rings. The van der Waals surface area contributed by atoms with Gasteiger partial charge in [0.2, 0.25) is 0 Å². The average molecular weight is 218 g/mol. The summed E-state index contributed by atoms with van der Waals surface area (Å²) in [7, 11) is 0. The normalized spacial score (nSPS) is 39.3. The van der Waals surface area contributed by atoms with Crippen molar-refractivity contribution in [2.24, 2.45) is 27.2 Å². The van der Waals surface area contributed by atoms with Crippen molar-refractivity contribution in [1.29, 1.82) is 0 Å². The largest absolute Gasteiger partial charge is 0.245 e. The van der Waals surface area contributed by atoms with E-state index in [2.05, 4.69) is 36.8 Å². The second-order valence-corrected chi connectivity index (χ2v) is 5.67. The van der Waals surface area contributed by atoms with Crippen LogP contribution in [-0.4, -0.2) is 12.1 Å². The average Bonchev–Trinajstić information content (AvgIpc) is 2.48. The maximum Gasteiger partial charge on any atom is 0.133 e. The molecule has 0 amide bonds. The van der Waals surface area contributed by atoms with Crippen LogP contribution in [0.1, 0.15) is 46.5 Å². The first kappa shape index (κ1) is 11.6. The third-order valence-electron chi connectivity index (χ3n) is 3.94. The van der Waals surface area contributed by atoms with Crippen molar-refractivity contribution in [3.8, 4) is 0 Å². The first-order chi connectivity index (χ1) is 7.60. The molecule has 1 aliphatic carbocycles. The fourth-order valence-corrected chi connectivity index (χ4v) is 2.46. The Morgan fingerprint density at radius 1 is 1.25 bits per heavy atom. The minimum Gasteiger partial charge on any atom is -0.245 e. The van der Waals surface area contributed by atoms with Gasteiger partial charge in [0.25, 0.3) is 0 Å². The zero-order chi connectivity index (χ0) is 11.6. The fourth-order valence-electron chi connectivity index (χ4n) is 2.46. The highest BCUT2D eigenvalue weighted by molar-refractivity contribution is 5.95. The van der Waals surface area contributed by atoms with Crippen LogP contribution in [0.25, 0.3) is 0 Å². The van der Waals surface area contributed by atoms with Crippen LogP contribution in [0.4, 0.5) is 0 Å². The molecule has 2 rings (SSSR count). The van der Waals surface area contributed by atoms with Gasteiger partial charge in [-0.05, 0) is 31.6 Å². The molecule has 0 saturated heterocycles. The van der Waals surface area contributed by atoms with Gasteiger partial charge in [0.1, 0.15) is 5.84 Å². The zero-order valence-corrected chi connectivity index (χ0v) is 10.6. The Kier molecular flexibility index (Phi) is 3.27. The van der Waals surface area contributed by atoms with Crippen molar-refractivity contribution in [2.75, 3.05) is 0 Å². The summed E-state index contributed by atoms with van der Waals surface area (Å²) in [5.74, 6) is 2.32. The summed E-state index contributed by atoms with van der Waals surface area (Å²) < 4.78 is 0. The van der Waals surface area contributed by atoms with Gasteiger partial charge in [0, 0.05) is 23.7 Å². The van der Waals surface area contributed by atoms with Gasteiger partial charge in [-0.15, -0.1) is 0 Å². The lowest BCUT2D eigenvalue weighted by atomic mass is 9.71. The lowest BCUT2D eigenvalue weighted by molar-refractivity contribution is 0.252. The molecule has 1 aliphatic heterocycles. The highest BCUT2D eigenvalue weighted by Gasteiger charge is 2.34. The van der Waals surface area contributed by atoms with E-state index in [1.165, 1.54) is 25.7 Å². The molecule has 2 aliphatic rings. The summed E-state index contributed by atoms with van der Waals surface area (Å²) in [5.41, 5.74) is 0.206. The van der Waals surface area contributed by atoms with E-state index in [0.29, 0.717) is 5.92 Å². The zero-order valence-electron chi connectivity index (χ0n) is 10.6. The third kappa shape index (κ3) is 2.42. The lowest BCUT2D eigenvalue weighted by Crippen LogP contribution is -2.31. The molecular weight excluding hydrogens is 196 g/mol. The van der Waals surface area contributed by atoms with Crippen LogP contribution < -0.4 is 0 Å². The molecule has 0 aromatic carbocycles. The van der Waals surface area contributed by atoms with E-state index < -0.39 is 0 Å². The number of allylic oxidation sites excluding steroid dienone is 1. The summed E-state index contributed by atoms with van der Waals surface area (Å²) in [5, 5.41) is 0. The van der Waals surface area contributed by atoms with Gasteiger partial charge in [0.05, 0.1) is 0 Å². The SMILES string of the molecule is CC1C=CN=C(C2(C)CCC(C)CC2)N=C1. The van der Waals surface area contributed by atoms with E-state index >= 15 is 0 Å². The molecule has 16 heavy (non-hydrogen) atoms. The second-order valence-electron chi connectivity index (χ2n) is 5.67. The number of rotatable bonds is 1. The van der Waals surface area contributed by atoms with Crippen molar-refractivity contribution < 1.29 is 0 Å². The number of amidine groups is 1. The molecule has 0 bridgehead atoms. The Bertz CT molecular complexity index is 331. The Hall–Kier alpha value is -0.920. The maximum atomic E-state index is 4.59. The molecule has 1 unspecified atom stereocenters. The third-order valence-corrected chi connectivity index (χ3v) is 3.94. The van der Waals surface area contributed by atoms with Crippen molar-refractivity contribution in [3.63, 3.8) is 0 Å². The van der Waals surface area contributed by atoms with Crippen LogP contribution in [-0.2, 0) is 0 Å². The Morgan fingerprint density at radius 2 is 1.94 bits per heavy atom. The molecule has 0 aromatic heterocycles. The van der Waals surface area contributed by atoms with Crippen molar-refractivity contribution in [2.45, 2.75) is 46.5 Å². The molecule has 0 spiro atoms. The molecular formula is C14H22N2. The van der Waals surface area contributed by atoms with Crippen molar-refractivity contribution in [3.05, 3.63) is 12.3 Å². The van der Waals surface area contributed by atoms with E-state index in [9.17, 15) is 0 Å². The predicted molar refractivity (Wildman–Crippen MR) is 70.0 cm³/mol. The molecule has 0 N–H and O–H groups in total. The number of aliphatic imine (C=N–C) groups is 2. The van der Waals surface area contributed by atoms with E-state index in [-0.39, 0.29) is 5.41 Å². The minimum absolute atomic E-state index is 0.206. The van der Waals surface area contributed by atoms with E-state index in [0.717, 1.165) is 11.8 Å². The van der Waals surface area contributed by atoms with Crippen LogP contribution >= 0.6 is 0 Å². The van der Waals surface area contributed by atoms with Gasteiger partial charge in [-0.3, -0.25) is 0 Å². The van der Waals surface area contributed by atoms with Gasteiger partial charge in [-0.25, -0.2) is 9.98 Å². The Labute approximate surface area is 98.6 Å². The molecule has 0 radical (unpaired) electrons. The number of hydrogen-bond donors (Lipinski definition) is 0. The van der Waals surface area contributed by atoms with Crippen LogP contribution in [0.2, 0.25) is 0 Å². The van der Waals surface area contributed by atoms with Crippen LogP contribution in [0.3, 0.4) is 0 Å². The van der Waals surface area contributed by atoms with E-state index in [1.54, 1.807) is 0 Å². The Morgan fingerprint density at radius 3 is 2.62 bits per heavy atom. The van der Waals surface area contributed by atoms with E-state index in [1.807, 2.05) is 12.4 Å². The highest BCUT2D eigenvalue weighted by Crippen LogP contribution is 2.40. The highest BCUT2D eigenvalue weighted by atomic mass is 14.9. The summed E-state index contributed by atoms with van der Waals surface area (Å²) in [4.78, 5) is 9.12. The summed E-state index contributed by atoms with van der Waals surface area (Å²) in [6.07, 6.45) is 11.1. The summed E-state index contributed by atoms with van der Waals surface area (Å²) in [6.45, 7) is 6.81. The van der Waals surface area contributed by atoms with Gasteiger partial charge in [-0.2, -0.15) is 0 Å². The summed E-state index contributed by atoms with van der Waals surface area (Å²) >= 11 is 0. The standard InChI is InChI=1S/C14H22N2/c1-11-4-7-14(3,8-5-11)13-15-9-6-12(2)10-16-13/h6,9-12H,4-5,7-8H2,1-3H3. The topological polar surface area (TPSA) is 24.7 Å². The first-order valence-corrected chi connectivity index (χ1v) is 6.39.